The molecule has 5 heteroatoms. The molecule has 2 amide bonds. The van der Waals surface area contributed by atoms with Crippen LogP contribution in [0.25, 0.3) is 0 Å². The Hall–Kier alpha value is -2.17. The first kappa shape index (κ1) is 13.3. The molecule has 0 bridgehead atoms. The predicted molar refractivity (Wildman–Crippen MR) is 67.7 cm³/mol. The number of benzene rings is 1. The number of hydrogen-bond donors (Lipinski definition) is 0. The van der Waals surface area contributed by atoms with E-state index in [0.717, 1.165) is 4.90 Å². The summed E-state index contributed by atoms with van der Waals surface area (Å²) >= 11 is 0. The number of amides is 2. The van der Waals surface area contributed by atoms with Gasteiger partial charge in [0.1, 0.15) is 6.61 Å². The van der Waals surface area contributed by atoms with E-state index in [4.69, 9.17) is 4.74 Å². The Balaban J connectivity index is 1.95. The minimum atomic E-state index is -0.327. The maximum Gasteiger partial charge on any atom is 0.305 e. The van der Waals surface area contributed by atoms with Crippen molar-refractivity contribution in [3.63, 3.8) is 0 Å². The molecule has 0 N–H and O–H groups in total. The van der Waals surface area contributed by atoms with E-state index in [-0.39, 0.29) is 30.9 Å². The normalized spacial score (nSPS) is 13.6. The number of imide groups is 1. The molecule has 1 aliphatic heterocycles. The van der Waals surface area contributed by atoms with E-state index in [1.165, 1.54) is 0 Å². The Morgan fingerprint density at radius 2 is 1.74 bits per heavy atom. The summed E-state index contributed by atoms with van der Waals surface area (Å²) < 4.78 is 4.95. The number of rotatable bonds is 5. The summed E-state index contributed by atoms with van der Waals surface area (Å²) in [6, 6.07) is 6.68. The van der Waals surface area contributed by atoms with Gasteiger partial charge in [0.05, 0.1) is 17.7 Å². The minimum absolute atomic E-state index is 0.0459. The second kappa shape index (κ2) is 5.65. The molecule has 1 aromatic rings. The van der Waals surface area contributed by atoms with Crippen molar-refractivity contribution in [2.45, 2.75) is 19.8 Å². The summed E-state index contributed by atoms with van der Waals surface area (Å²) in [4.78, 5) is 36.2. The van der Waals surface area contributed by atoms with E-state index in [2.05, 4.69) is 0 Å². The summed E-state index contributed by atoms with van der Waals surface area (Å²) in [6.07, 6.45) is 1.06. The first-order chi connectivity index (χ1) is 9.15. The molecule has 0 aromatic heterocycles. The van der Waals surface area contributed by atoms with Gasteiger partial charge in [0.15, 0.2) is 0 Å². The molecule has 1 aliphatic rings. The van der Waals surface area contributed by atoms with Crippen molar-refractivity contribution in [1.29, 1.82) is 0 Å². The maximum atomic E-state index is 12.0. The third-order valence-corrected chi connectivity index (χ3v) is 2.91. The van der Waals surface area contributed by atoms with Crippen molar-refractivity contribution in [2.75, 3.05) is 13.2 Å². The first-order valence-corrected chi connectivity index (χ1v) is 6.26. The second-order valence-corrected chi connectivity index (χ2v) is 4.28. The Bertz CT molecular complexity index is 489. The summed E-state index contributed by atoms with van der Waals surface area (Å²) in [5, 5.41) is 0. The van der Waals surface area contributed by atoms with Crippen LogP contribution in [-0.4, -0.2) is 35.8 Å². The van der Waals surface area contributed by atoms with Gasteiger partial charge in [-0.25, -0.2) is 0 Å². The molecule has 0 aliphatic carbocycles. The van der Waals surface area contributed by atoms with Gasteiger partial charge in [-0.15, -0.1) is 0 Å². The third-order valence-electron chi connectivity index (χ3n) is 2.91. The molecule has 19 heavy (non-hydrogen) atoms. The summed E-state index contributed by atoms with van der Waals surface area (Å²) in [5.41, 5.74) is 0.819. The lowest BCUT2D eigenvalue weighted by molar-refractivity contribution is -0.143. The van der Waals surface area contributed by atoms with Gasteiger partial charge in [-0.2, -0.15) is 0 Å². The quantitative estimate of drug-likeness (QED) is 0.597. The molecular weight excluding hydrogens is 246 g/mol. The van der Waals surface area contributed by atoms with Crippen molar-refractivity contribution in [1.82, 2.24) is 4.90 Å². The van der Waals surface area contributed by atoms with Gasteiger partial charge < -0.3 is 4.74 Å². The number of hydrogen-bond acceptors (Lipinski definition) is 4. The fourth-order valence-corrected chi connectivity index (χ4v) is 1.97. The van der Waals surface area contributed by atoms with Gasteiger partial charge in [0.2, 0.25) is 0 Å². The summed E-state index contributed by atoms with van der Waals surface area (Å²) in [6.45, 7) is 2.03. The predicted octanol–water partition coefficient (Wildman–Crippen LogP) is 1.63. The molecule has 2 rings (SSSR count). The molecular formula is C14H15NO4. The molecule has 0 atom stereocenters. The van der Waals surface area contributed by atoms with Crippen LogP contribution in [0.4, 0.5) is 0 Å². The smallest absolute Gasteiger partial charge is 0.305 e. The zero-order valence-electron chi connectivity index (χ0n) is 10.7. The van der Waals surface area contributed by atoms with Gasteiger partial charge in [-0.1, -0.05) is 19.1 Å². The highest BCUT2D eigenvalue weighted by Crippen LogP contribution is 2.21. The van der Waals surface area contributed by atoms with Crippen molar-refractivity contribution < 1.29 is 19.1 Å². The lowest BCUT2D eigenvalue weighted by atomic mass is 10.1. The van der Waals surface area contributed by atoms with Crippen molar-refractivity contribution in [3.05, 3.63) is 35.4 Å². The lowest BCUT2D eigenvalue weighted by Gasteiger charge is -2.13. The van der Waals surface area contributed by atoms with Crippen LogP contribution in [0.3, 0.4) is 0 Å². The average Bonchev–Trinajstić information content (AvgIpc) is 2.65. The van der Waals surface area contributed by atoms with Crippen molar-refractivity contribution in [3.8, 4) is 0 Å². The molecule has 0 unspecified atom stereocenters. The van der Waals surface area contributed by atoms with E-state index < -0.39 is 0 Å². The van der Waals surface area contributed by atoms with Crippen LogP contribution in [0.2, 0.25) is 0 Å². The highest BCUT2D eigenvalue weighted by atomic mass is 16.5. The Morgan fingerprint density at radius 3 is 2.26 bits per heavy atom. The van der Waals surface area contributed by atoms with Crippen molar-refractivity contribution in [2.24, 2.45) is 0 Å². The molecule has 5 nitrogen and oxygen atoms in total. The molecule has 1 aromatic carbocycles. The first-order valence-electron chi connectivity index (χ1n) is 6.26. The number of esters is 1. The number of nitrogens with zero attached hydrogens (tertiary/aromatic N) is 1. The van der Waals surface area contributed by atoms with Crippen LogP contribution in [0.15, 0.2) is 24.3 Å². The average molecular weight is 261 g/mol. The number of fused-ring (bicyclic) bond motifs is 1. The summed E-state index contributed by atoms with van der Waals surface area (Å²) in [5.74, 6) is -0.960. The third kappa shape index (κ3) is 2.65. The molecule has 0 radical (unpaired) electrons. The number of carbonyl (C=O) groups is 3. The topological polar surface area (TPSA) is 63.7 Å². The highest BCUT2D eigenvalue weighted by Gasteiger charge is 2.34. The van der Waals surface area contributed by atoms with E-state index >= 15 is 0 Å². The lowest BCUT2D eigenvalue weighted by Crippen LogP contribution is -2.33. The second-order valence-electron chi connectivity index (χ2n) is 4.28. The fourth-order valence-electron chi connectivity index (χ4n) is 1.97. The van der Waals surface area contributed by atoms with E-state index in [1.807, 2.05) is 6.92 Å². The van der Waals surface area contributed by atoms with Crippen LogP contribution < -0.4 is 0 Å². The summed E-state index contributed by atoms with van der Waals surface area (Å²) in [7, 11) is 0. The Kier molecular flexibility index (Phi) is 3.94. The van der Waals surface area contributed by atoms with Crippen LogP contribution in [0.5, 0.6) is 0 Å². The number of ether oxygens (including phenoxy) is 1. The SMILES string of the molecule is CCCC(=O)OCCN1C(=O)c2ccccc2C1=O. The van der Waals surface area contributed by atoms with Crippen molar-refractivity contribution >= 4 is 17.8 Å². The van der Waals surface area contributed by atoms with Gasteiger partial charge in [0.25, 0.3) is 11.8 Å². The van der Waals surface area contributed by atoms with Gasteiger partial charge in [-0.3, -0.25) is 19.3 Å². The highest BCUT2D eigenvalue weighted by molar-refractivity contribution is 6.21. The fraction of sp³-hybridized carbons (Fsp3) is 0.357. The maximum absolute atomic E-state index is 12.0. The minimum Gasteiger partial charge on any atom is -0.464 e. The molecule has 0 saturated carbocycles. The van der Waals surface area contributed by atoms with Crippen LogP contribution in [-0.2, 0) is 9.53 Å². The zero-order chi connectivity index (χ0) is 13.8. The molecule has 1 heterocycles. The molecule has 0 saturated heterocycles. The standard InChI is InChI=1S/C14H15NO4/c1-2-5-12(16)19-9-8-15-13(17)10-6-3-4-7-11(10)14(15)18/h3-4,6-7H,2,5,8-9H2,1H3. The Labute approximate surface area is 111 Å². The van der Waals surface area contributed by atoms with Crippen LogP contribution in [0, 0.1) is 0 Å². The number of carbonyl (C=O) groups excluding carboxylic acids is 3. The van der Waals surface area contributed by atoms with Gasteiger partial charge in [0, 0.05) is 6.42 Å². The Morgan fingerprint density at radius 1 is 1.16 bits per heavy atom. The monoisotopic (exact) mass is 261 g/mol. The largest absolute Gasteiger partial charge is 0.464 e. The molecule has 0 fully saturated rings. The molecule has 0 spiro atoms. The van der Waals surface area contributed by atoms with Gasteiger partial charge in [-0.05, 0) is 18.6 Å². The van der Waals surface area contributed by atoms with Crippen LogP contribution >= 0.6 is 0 Å². The van der Waals surface area contributed by atoms with Crippen LogP contribution in [0.1, 0.15) is 40.5 Å². The van der Waals surface area contributed by atoms with E-state index in [9.17, 15) is 14.4 Å². The molecule has 100 valence electrons. The van der Waals surface area contributed by atoms with E-state index in [1.54, 1.807) is 24.3 Å². The zero-order valence-corrected chi connectivity index (χ0v) is 10.7. The van der Waals surface area contributed by atoms with E-state index in [0.29, 0.717) is 24.0 Å². The van der Waals surface area contributed by atoms with Gasteiger partial charge >= 0.3 is 5.97 Å².